The average molecular weight is 369 g/mol. The van der Waals surface area contributed by atoms with Gasteiger partial charge in [-0.2, -0.15) is 0 Å². The molecule has 3 rings (SSSR count). The van der Waals surface area contributed by atoms with Crippen LogP contribution in [-0.4, -0.2) is 13.4 Å². The van der Waals surface area contributed by atoms with E-state index in [1.807, 2.05) is 0 Å². The first-order valence-corrected chi connectivity index (χ1v) is 10.1. The number of halogens is 1. The van der Waals surface area contributed by atoms with E-state index in [9.17, 15) is 8.42 Å². The van der Waals surface area contributed by atoms with Gasteiger partial charge in [-0.3, -0.25) is 0 Å². The molecule has 0 fully saturated rings. The van der Waals surface area contributed by atoms with Crippen molar-refractivity contribution < 1.29 is 8.42 Å². The molecule has 2 heterocycles. The van der Waals surface area contributed by atoms with E-state index < -0.39 is 9.84 Å². The monoisotopic (exact) mass is 368 g/mol. The zero-order chi connectivity index (χ0) is 15.6. The van der Waals surface area contributed by atoms with Gasteiger partial charge in [-0.05, 0) is 24.3 Å². The lowest BCUT2D eigenvalue weighted by Gasteiger charge is -2.01. The lowest BCUT2D eigenvalue weighted by molar-refractivity contribution is 0.598. The second-order valence-corrected chi connectivity index (χ2v) is 8.84. The molecule has 0 atom stereocenters. The standard InChI is InChI=1S/C14H9ClN2O2S3/c15-12-13(17-11-8-4-5-9-16-11)20-21-14(12)22(18,19)10-6-2-1-3-7-10/h1-9H/b17-13-. The van der Waals surface area contributed by atoms with Gasteiger partial charge < -0.3 is 0 Å². The van der Waals surface area contributed by atoms with Crippen LogP contribution in [0, 0.1) is 0 Å². The summed E-state index contributed by atoms with van der Waals surface area (Å²) in [7, 11) is -1.31. The van der Waals surface area contributed by atoms with E-state index in [0.717, 1.165) is 10.3 Å². The molecule has 8 heteroatoms. The Balaban J connectivity index is 2.11. The van der Waals surface area contributed by atoms with Gasteiger partial charge in [-0.1, -0.05) is 56.5 Å². The third kappa shape index (κ3) is 2.98. The van der Waals surface area contributed by atoms with Gasteiger partial charge in [0, 0.05) is 6.20 Å². The van der Waals surface area contributed by atoms with Gasteiger partial charge in [0.25, 0.3) is 0 Å². The van der Waals surface area contributed by atoms with Crippen LogP contribution in [0.15, 0.2) is 68.8 Å². The van der Waals surface area contributed by atoms with Crippen molar-refractivity contribution in [2.75, 3.05) is 0 Å². The second kappa shape index (κ2) is 6.29. The molecule has 3 aromatic rings. The summed E-state index contributed by atoms with van der Waals surface area (Å²) in [5.74, 6) is 0.488. The van der Waals surface area contributed by atoms with Crippen molar-refractivity contribution in [2.24, 2.45) is 4.99 Å². The summed E-state index contributed by atoms with van der Waals surface area (Å²) in [5, 5.41) is 0.143. The number of rotatable bonds is 3. The van der Waals surface area contributed by atoms with Gasteiger partial charge in [0.1, 0.15) is 9.69 Å². The fourth-order valence-corrected chi connectivity index (χ4v) is 7.21. The smallest absolute Gasteiger partial charge is 0.218 e. The van der Waals surface area contributed by atoms with Crippen LogP contribution in [0.5, 0.6) is 0 Å². The molecular formula is C14H9ClN2O2S3. The number of nitrogens with zero attached hydrogens (tertiary/aromatic N) is 2. The highest BCUT2D eigenvalue weighted by Gasteiger charge is 2.24. The first-order valence-electron chi connectivity index (χ1n) is 6.13. The van der Waals surface area contributed by atoms with Gasteiger partial charge in [-0.25, -0.2) is 18.4 Å². The SMILES string of the molecule is O=S(=O)(c1ccccc1)c1ss/c(=N\c2ccccn2)c1Cl. The van der Waals surface area contributed by atoms with E-state index in [4.69, 9.17) is 11.6 Å². The van der Waals surface area contributed by atoms with Crippen molar-refractivity contribution in [2.45, 2.75) is 9.10 Å². The zero-order valence-corrected chi connectivity index (χ0v) is 14.2. The molecule has 0 bridgehead atoms. The van der Waals surface area contributed by atoms with Crippen molar-refractivity contribution in [3.63, 3.8) is 0 Å². The molecule has 0 N–H and O–H groups in total. The highest BCUT2D eigenvalue weighted by molar-refractivity contribution is 7.95. The fourth-order valence-electron chi connectivity index (χ4n) is 1.70. The second-order valence-electron chi connectivity index (χ2n) is 4.19. The van der Waals surface area contributed by atoms with Crippen LogP contribution in [0.25, 0.3) is 0 Å². The lowest BCUT2D eigenvalue weighted by atomic mass is 10.4. The number of hydrogen-bond acceptors (Lipinski definition) is 6. The van der Waals surface area contributed by atoms with E-state index in [-0.39, 0.29) is 14.1 Å². The number of hydrogen-bond donors (Lipinski definition) is 0. The van der Waals surface area contributed by atoms with E-state index in [2.05, 4.69) is 9.98 Å². The fraction of sp³-hybridized carbons (Fsp3) is 0. The Hall–Kier alpha value is -1.54. The van der Waals surface area contributed by atoms with Gasteiger partial charge in [-0.15, -0.1) is 0 Å². The van der Waals surface area contributed by atoms with Crippen molar-refractivity contribution in [1.29, 1.82) is 0 Å². The van der Waals surface area contributed by atoms with E-state index in [1.165, 1.54) is 10.3 Å². The Morgan fingerprint density at radius 2 is 1.73 bits per heavy atom. The third-order valence-electron chi connectivity index (χ3n) is 2.73. The molecule has 0 radical (unpaired) electrons. The van der Waals surface area contributed by atoms with Crippen molar-refractivity contribution in [1.82, 2.24) is 4.98 Å². The summed E-state index contributed by atoms with van der Waals surface area (Å²) in [4.78, 5) is 8.59. The summed E-state index contributed by atoms with van der Waals surface area (Å²) in [6, 6.07) is 13.5. The first-order chi connectivity index (χ1) is 10.6. The summed E-state index contributed by atoms with van der Waals surface area (Å²) in [5.41, 5.74) is 0. The summed E-state index contributed by atoms with van der Waals surface area (Å²) >= 11 is 6.23. The molecule has 22 heavy (non-hydrogen) atoms. The maximum Gasteiger partial charge on any atom is 0.218 e. The molecule has 0 amide bonds. The Bertz CT molecular complexity index is 949. The molecule has 0 saturated heterocycles. The van der Waals surface area contributed by atoms with Crippen LogP contribution in [0.3, 0.4) is 0 Å². The van der Waals surface area contributed by atoms with Crippen LogP contribution >= 0.6 is 32.3 Å². The van der Waals surface area contributed by atoms with E-state index in [0.29, 0.717) is 10.5 Å². The third-order valence-corrected chi connectivity index (χ3v) is 8.36. The first kappa shape index (κ1) is 15.4. The predicted octanol–water partition coefficient (Wildman–Crippen LogP) is 3.92. The highest BCUT2D eigenvalue weighted by Crippen LogP contribution is 2.32. The van der Waals surface area contributed by atoms with E-state index in [1.54, 1.807) is 54.7 Å². The number of sulfone groups is 1. The minimum atomic E-state index is -3.62. The Morgan fingerprint density at radius 1 is 1.00 bits per heavy atom. The maximum atomic E-state index is 12.6. The molecular weight excluding hydrogens is 360 g/mol. The molecule has 0 aliphatic rings. The molecule has 2 aromatic heterocycles. The van der Waals surface area contributed by atoms with Gasteiger partial charge in [0.2, 0.25) is 9.84 Å². The minimum Gasteiger partial charge on any atom is -0.237 e. The molecule has 0 aliphatic carbocycles. The Labute approximate surface area is 139 Å². The molecule has 0 unspecified atom stereocenters. The van der Waals surface area contributed by atoms with Crippen LogP contribution in [0.2, 0.25) is 5.02 Å². The quantitative estimate of drug-likeness (QED) is 0.658. The molecule has 1 aromatic carbocycles. The van der Waals surface area contributed by atoms with Gasteiger partial charge in [0.05, 0.1) is 4.90 Å². The Kier molecular flexibility index (Phi) is 4.39. The molecule has 4 nitrogen and oxygen atoms in total. The largest absolute Gasteiger partial charge is 0.237 e. The number of aromatic nitrogens is 1. The van der Waals surface area contributed by atoms with Gasteiger partial charge >= 0.3 is 0 Å². The van der Waals surface area contributed by atoms with Crippen LogP contribution in [-0.2, 0) is 9.84 Å². The topological polar surface area (TPSA) is 59.4 Å². The number of pyridine rings is 1. The zero-order valence-electron chi connectivity index (χ0n) is 11.0. The number of benzene rings is 1. The van der Waals surface area contributed by atoms with Crippen LogP contribution < -0.4 is 4.67 Å². The Morgan fingerprint density at radius 3 is 2.41 bits per heavy atom. The summed E-state index contributed by atoms with van der Waals surface area (Å²) in [6.07, 6.45) is 1.62. The lowest BCUT2D eigenvalue weighted by Crippen LogP contribution is -2.03. The average Bonchev–Trinajstić information content (AvgIpc) is 2.91. The molecule has 0 aliphatic heterocycles. The normalized spacial score (nSPS) is 12.5. The van der Waals surface area contributed by atoms with Crippen molar-refractivity contribution in [3.05, 3.63) is 64.4 Å². The highest BCUT2D eigenvalue weighted by atomic mass is 35.5. The molecule has 0 saturated carbocycles. The predicted molar refractivity (Wildman–Crippen MR) is 88.6 cm³/mol. The summed E-state index contributed by atoms with van der Waals surface area (Å²) in [6.45, 7) is 0. The minimum absolute atomic E-state index is 0.111. The van der Waals surface area contributed by atoms with Crippen molar-refractivity contribution in [3.8, 4) is 0 Å². The summed E-state index contributed by atoms with van der Waals surface area (Å²) < 4.78 is 25.7. The van der Waals surface area contributed by atoms with E-state index >= 15 is 0 Å². The van der Waals surface area contributed by atoms with Crippen LogP contribution in [0.1, 0.15) is 0 Å². The molecule has 0 spiro atoms. The molecule has 112 valence electrons. The maximum absolute atomic E-state index is 12.6. The van der Waals surface area contributed by atoms with Gasteiger partial charge in [0.15, 0.2) is 10.0 Å². The van der Waals surface area contributed by atoms with Crippen LogP contribution in [0.4, 0.5) is 5.82 Å². The van der Waals surface area contributed by atoms with Crippen molar-refractivity contribution >= 4 is 47.9 Å².